The van der Waals surface area contributed by atoms with Crippen LogP contribution in [0.1, 0.15) is 43.2 Å². The summed E-state index contributed by atoms with van der Waals surface area (Å²) in [6.07, 6.45) is 7.86. The molecule has 2 aliphatic carbocycles. The van der Waals surface area contributed by atoms with Crippen LogP contribution in [0.3, 0.4) is 0 Å². The fourth-order valence-electron chi connectivity index (χ4n) is 3.53. The molecule has 2 aliphatic rings. The number of benzene rings is 1. The van der Waals surface area contributed by atoms with Crippen LogP contribution in [-0.2, 0) is 12.8 Å². The lowest BCUT2D eigenvalue weighted by Gasteiger charge is -2.39. The van der Waals surface area contributed by atoms with Crippen LogP contribution in [0, 0.1) is 5.92 Å². The van der Waals surface area contributed by atoms with Crippen LogP contribution >= 0.6 is 0 Å². The lowest BCUT2D eigenvalue weighted by Crippen LogP contribution is -2.41. The molecular weight excluding hydrogens is 196 g/mol. The topological polar surface area (TPSA) is 20.2 Å². The van der Waals surface area contributed by atoms with Crippen molar-refractivity contribution in [3.05, 3.63) is 35.4 Å². The second-order valence-corrected chi connectivity index (χ2v) is 5.52. The van der Waals surface area contributed by atoms with E-state index in [1.165, 1.54) is 30.4 Å². The maximum absolute atomic E-state index is 10.7. The van der Waals surface area contributed by atoms with Crippen molar-refractivity contribution in [1.82, 2.24) is 0 Å². The van der Waals surface area contributed by atoms with Crippen molar-refractivity contribution in [2.75, 3.05) is 0 Å². The largest absolute Gasteiger partial charge is 0.390 e. The van der Waals surface area contributed by atoms with E-state index >= 15 is 0 Å². The molecule has 0 unspecified atom stereocenters. The molecule has 0 radical (unpaired) electrons. The maximum atomic E-state index is 10.7. The van der Waals surface area contributed by atoms with Crippen molar-refractivity contribution >= 4 is 0 Å². The van der Waals surface area contributed by atoms with Crippen LogP contribution in [0.5, 0.6) is 0 Å². The lowest BCUT2D eigenvalue weighted by molar-refractivity contribution is -0.0518. The molecule has 1 heteroatoms. The van der Waals surface area contributed by atoms with Gasteiger partial charge < -0.3 is 5.11 Å². The van der Waals surface area contributed by atoms with E-state index in [1.54, 1.807) is 0 Å². The van der Waals surface area contributed by atoms with Gasteiger partial charge in [-0.15, -0.1) is 0 Å². The first-order valence-corrected chi connectivity index (χ1v) is 6.57. The highest BCUT2D eigenvalue weighted by Gasteiger charge is 2.40. The molecule has 1 aromatic carbocycles. The predicted molar refractivity (Wildman–Crippen MR) is 65.4 cm³/mol. The highest BCUT2D eigenvalue weighted by atomic mass is 16.3. The minimum Gasteiger partial charge on any atom is -0.390 e. The Balaban J connectivity index is 1.94. The van der Waals surface area contributed by atoms with Crippen LogP contribution in [0.15, 0.2) is 24.3 Å². The van der Waals surface area contributed by atoms with E-state index in [0.29, 0.717) is 5.92 Å². The molecule has 0 aliphatic heterocycles. The van der Waals surface area contributed by atoms with Crippen LogP contribution in [0.4, 0.5) is 0 Å². The zero-order chi connectivity index (χ0) is 11.0. The molecule has 0 spiro atoms. The minimum absolute atomic E-state index is 0.364. The smallest absolute Gasteiger partial charge is 0.0682 e. The van der Waals surface area contributed by atoms with E-state index in [1.807, 2.05) is 0 Å². The fraction of sp³-hybridized carbons (Fsp3) is 0.600. The molecular formula is C15H20O. The summed E-state index contributed by atoms with van der Waals surface area (Å²) in [5.41, 5.74) is 2.58. The molecule has 16 heavy (non-hydrogen) atoms. The van der Waals surface area contributed by atoms with Crippen molar-refractivity contribution in [3.8, 4) is 0 Å². The normalized spacial score (nSPS) is 33.7. The third-order valence-corrected chi connectivity index (χ3v) is 4.58. The summed E-state index contributed by atoms with van der Waals surface area (Å²) in [6.45, 7) is 0. The summed E-state index contributed by atoms with van der Waals surface area (Å²) in [5, 5.41) is 10.7. The summed E-state index contributed by atoms with van der Waals surface area (Å²) in [5.74, 6) is 0.505. The van der Waals surface area contributed by atoms with E-state index in [2.05, 4.69) is 24.3 Å². The second-order valence-electron chi connectivity index (χ2n) is 5.52. The number of hydrogen-bond acceptors (Lipinski definition) is 1. The number of rotatable bonds is 0. The minimum atomic E-state index is -0.364. The molecule has 0 heterocycles. The molecule has 1 aromatic rings. The molecule has 1 nitrogen and oxygen atoms in total. The summed E-state index contributed by atoms with van der Waals surface area (Å²) in [6, 6.07) is 8.73. The van der Waals surface area contributed by atoms with Crippen LogP contribution in [0.2, 0.25) is 0 Å². The highest BCUT2D eigenvalue weighted by molar-refractivity contribution is 5.30. The molecule has 3 rings (SSSR count). The predicted octanol–water partition coefficient (Wildman–Crippen LogP) is 3.10. The van der Waals surface area contributed by atoms with Crippen molar-refractivity contribution in [1.29, 1.82) is 0 Å². The Hall–Kier alpha value is -0.820. The number of hydrogen-bond donors (Lipinski definition) is 1. The SMILES string of the molecule is O[C@]12CCCC[C@@H]1Cc1ccccc1CC2. The van der Waals surface area contributed by atoms with Crippen molar-refractivity contribution in [2.24, 2.45) is 5.92 Å². The van der Waals surface area contributed by atoms with Crippen molar-refractivity contribution in [2.45, 2.75) is 50.5 Å². The standard InChI is InChI=1S/C15H20O/c16-15-9-4-3-7-14(15)11-13-6-2-1-5-12(13)8-10-15/h1-2,5-6,14,16H,3-4,7-11H2/t14-,15+/m1/s1. The average Bonchev–Trinajstić information content (AvgIpc) is 2.45. The fourth-order valence-corrected chi connectivity index (χ4v) is 3.53. The van der Waals surface area contributed by atoms with Gasteiger partial charge in [-0.2, -0.15) is 0 Å². The van der Waals surface area contributed by atoms with Gasteiger partial charge in [0.25, 0.3) is 0 Å². The number of aryl methyl sites for hydroxylation is 1. The monoisotopic (exact) mass is 216 g/mol. The Kier molecular flexibility index (Phi) is 2.51. The third-order valence-electron chi connectivity index (χ3n) is 4.58. The summed E-state index contributed by atoms with van der Waals surface area (Å²) >= 11 is 0. The van der Waals surface area contributed by atoms with Gasteiger partial charge >= 0.3 is 0 Å². The average molecular weight is 216 g/mol. The second kappa shape index (κ2) is 3.89. The van der Waals surface area contributed by atoms with E-state index in [0.717, 1.165) is 25.7 Å². The van der Waals surface area contributed by atoms with Gasteiger partial charge in [0.1, 0.15) is 0 Å². The van der Waals surface area contributed by atoms with Crippen LogP contribution < -0.4 is 0 Å². The van der Waals surface area contributed by atoms with Gasteiger partial charge in [-0.1, -0.05) is 37.1 Å². The van der Waals surface area contributed by atoms with Gasteiger partial charge in [-0.25, -0.2) is 0 Å². The Morgan fingerprint density at radius 3 is 2.75 bits per heavy atom. The Morgan fingerprint density at radius 1 is 1.06 bits per heavy atom. The van der Waals surface area contributed by atoms with Gasteiger partial charge in [0.05, 0.1) is 5.60 Å². The Morgan fingerprint density at radius 2 is 1.88 bits per heavy atom. The van der Waals surface area contributed by atoms with Crippen LogP contribution in [-0.4, -0.2) is 10.7 Å². The number of fused-ring (bicyclic) bond motifs is 2. The molecule has 1 fully saturated rings. The molecule has 0 amide bonds. The van der Waals surface area contributed by atoms with Gasteiger partial charge in [-0.3, -0.25) is 0 Å². The molecule has 0 aromatic heterocycles. The first kappa shape index (κ1) is 10.3. The zero-order valence-electron chi connectivity index (χ0n) is 9.78. The van der Waals surface area contributed by atoms with Crippen LogP contribution in [0.25, 0.3) is 0 Å². The summed E-state index contributed by atoms with van der Waals surface area (Å²) < 4.78 is 0. The van der Waals surface area contributed by atoms with Gasteiger partial charge in [0, 0.05) is 0 Å². The van der Waals surface area contributed by atoms with Crippen molar-refractivity contribution < 1.29 is 5.11 Å². The Labute approximate surface area is 97.5 Å². The van der Waals surface area contributed by atoms with E-state index in [-0.39, 0.29) is 5.60 Å². The van der Waals surface area contributed by atoms with Gasteiger partial charge in [-0.05, 0) is 49.1 Å². The first-order valence-electron chi connectivity index (χ1n) is 6.57. The third kappa shape index (κ3) is 1.67. The summed E-state index contributed by atoms with van der Waals surface area (Å²) in [7, 11) is 0. The summed E-state index contributed by atoms with van der Waals surface area (Å²) in [4.78, 5) is 0. The quantitative estimate of drug-likeness (QED) is 0.706. The molecule has 1 saturated carbocycles. The lowest BCUT2D eigenvalue weighted by atomic mass is 9.72. The zero-order valence-corrected chi connectivity index (χ0v) is 9.78. The molecule has 0 bridgehead atoms. The molecule has 0 saturated heterocycles. The molecule has 2 atom stereocenters. The highest BCUT2D eigenvalue weighted by Crippen LogP contribution is 2.41. The van der Waals surface area contributed by atoms with E-state index in [9.17, 15) is 5.11 Å². The number of aliphatic hydroxyl groups is 1. The van der Waals surface area contributed by atoms with E-state index < -0.39 is 0 Å². The first-order chi connectivity index (χ1) is 7.78. The Bertz CT molecular complexity index is 385. The van der Waals surface area contributed by atoms with Gasteiger partial charge in [0.15, 0.2) is 0 Å². The maximum Gasteiger partial charge on any atom is 0.0682 e. The molecule has 1 N–H and O–H groups in total. The van der Waals surface area contributed by atoms with E-state index in [4.69, 9.17) is 0 Å². The van der Waals surface area contributed by atoms with Gasteiger partial charge in [0.2, 0.25) is 0 Å². The van der Waals surface area contributed by atoms with Crippen molar-refractivity contribution in [3.63, 3.8) is 0 Å². The molecule has 86 valence electrons.